The van der Waals surface area contributed by atoms with Crippen molar-refractivity contribution in [3.63, 3.8) is 0 Å². The van der Waals surface area contributed by atoms with Gasteiger partial charge in [-0.25, -0.2) is 9.97 Å². The maximum absolute atomic E-state index is 12.6. The number of anilines is 2. The smallest absolute Gasteiger partial charge is 0.255 e. The highest BCUT2D eigenvalue weighted by Gasteiger charge is 2.14. The fraction of sp³-hybridized carbons (Fsp3) is 0.0741. The third kappa shape index (κ3) is 4.63. The van der Waals surface area contributed by atoms with E-state index in [2.05, 4.69) is 15.2 Å². The van der Waals surface area contributed by atoms with Crippen LogP contribution in [0.5, 0.6) is 0 Å². The number of aromatic nitrogens is 3. The maximum atomic E-state index is 12.6. The lowest BCUT2D eigenvalue weighted by Gasteiger charge is -2.20. The van der Waals surface area contributed by atoms with E-state index in [4.69, 9.17) is 16.6 Å². The van der Waals surface area contributed by atoms with Crippen molar-refractivity contribution in [2.75, 3.05) is 17.3 Å². The fourth-order valence-electron chi connectivity index (χ4n) is 3.80. The van der Waals surface area contributed by atoms with E-state index in [0.717, 1.165) is 28.3 Å². The first kappa shape index (κ1) is 21.7. The van der Waals surface area contributed by atoms with Crippen LogP contribution in [0.1, 0.15) is 15.9 Å². The molecule has 2 aromatic heterocycles. The topological polar surface area (TPSA) is 62.5 Å². The number of hydrogen-bond donors (Lipinski definition) is 1. The number of hydrogen-bond acceptors (Lipinski definition) is 4. The van der Waals surface area contributed by atoms with Crippen molar-refractivity contribution in [1.82, 2.24) is 14.4 Å². The number of nitrogens with zero attached hydrogens (tertiary/aromatic N) is 4. The maximum Gasteiger partial charge on any atom is 0.255 e. The highest BCUT2D eigenvalue weighted by Crippen LogP contribution is 2.27. The molecule has 2 heterocycles. The van der Waals surface area contributed by atoms with Crippen LogP contribution in [0.25, 0.3) is 16.9 Å². The molecule has 5 rings (SSSR count). The predicted octanol–water partition coefficient (Wildman–Crippen LogP) is 5.94. The summed E-state index contributed by atoms with van der Waals surface area (Å²) in [4.78, 5) is 24.1. The minimum absolute atomic E-state index is 0.154. The average Bonchev–Trinajstić information content (AvgIpc) is 3.34. The first-order valence-corrected chi connectivity index (χ1v) is 11.2. The lowest BCUT2D eigenvalue weighted by molar-refractivity contribution is 0.102. The van der Waals surface area contributed by atoms with Gasteiger partial charge in [0.05, 0.1) is 5.69 Å². The Balaban J connectivity index is 1.45. The van der Waals surface area contributed by atoms with Gasteiger partial charge in [0.15, 0.2) is 11.5 Å². The van der Waals surface area contributed by atoms with Crippen LogP contribution in [-0.2, 0) is 6.54 Å². The van der Waals surface area contributed by atoms with Gasteiger partial charge in [0.25, 0.3) is 5.91 Å². The second-order valence-electron chi connectivity index (χ2n) is 7.99. The van der Waals surface area contributed by atoms with Crippen LogP contribution in [0.2, 0.25) is 5.02 Å². The Morgan fingerprint density at radius 2 is 1.82 bits per heavy atom. The fourth-order valence-corrected chi connectivity index (χ4v) is 3.92. The Hall–Kier alpha value is -4.16. The summed E-state index contributed by atoms with van der Waals surface area (Å²) in [6.45, 7) is 0.656. The zero-order valence-electron chi connectivity index (χ0n) is 18.5. The Morgan fingerprint density at radius 3 is 2.62 bits per heavy atom. The second kappa shape index (κ2) is 9.37. The number of amides is 1. The molecule has 0 spiro atoms. The van der Waals surface area contributed by atoms with Crippen LogP contribution in [0.15, 0.2) is 97.5 Å². The summed E-state index contributed by atoms with van der Waals surface area (Å²) >= 11 is 6.03. The predicted molar refractivity (Wildman–Crippen MR) is 136 cm³/mol. The molecule has 0 saturated carbocycles. The van der Waals surface area contributed by atoms with Crippen molar-refractivity contribution in [2.24, 2.45) is 0 Å². The molecule has 5 aromatic rings. The second-order valence-corrected chi connectivity index (χ2v) is 8.43. The molecule has 7 heteroatoms. The van der Waals surface area contributed by atoms with E-state index in [-0.39, 0.29) is 5.91 Å². The first-order valence-electron chi connectivity index (χ1n) is 10.8. The van der Waals surface area contributed by atoms with Gasteiger partial charge in [-0.2, -0.15) is 0 Å². The zero-order valence-corrected chi connectivity index (χ0v) is 19.3. The normalized spacial score (nSPS) is 10.9. The Bertz CT molecular complexity index is 1450. The van der Waals surface area contributed by atoms with Crippen LogP contribution in [0.3, 0.4) is 0 Å². The van der Waals surface area contributed by atoms with E-state index < -0.39 is 0 Å². The molecule has 0 unspecified atom stereocenters. The molecule has 0 aliphatic heterocycles. The molecule has 0 aliphatic rings. The van der Waals surface area contributed by atoms with Gasteiger partial charge in [-0.05, 0) is 42.0 Å². The van der Waals surface area contributed by atoms with Crippen LogP contribution in [0, 0.1) is 0 Å². The van der Waals surface area contributed by atoms with E-state index in [1.165, 1.54) is 0 Å². The molecule has 3 aromatic carbocycles. The van der Waals surface area contributed by atoms with E-state index >= 15 is 0 Å². The largest absolute Gasteiger partial charge is 0.352 e. The standard InChI is InChI=1S/C27H22ClN5O/c1-32(17-19-10-12-22(28)13-11-19)26-25-29-14-15-33(25)18-24(31-26)21-8-5-9-23(16-21)30-27(34)20-6-3-2-4-7-20/h2-16,18H,17H2,1H3,(H,30,34). The number of rotatable bonds is 6. The van der Waals surface area contributed by atoms with Crippen molar-refractivity contribution < 1.29 is 4.79 Å². The van der Waals surface area contributed by atoms with Gasteiger partial charge in [0, 0.05) is 54.0 Å². The summed E-state index contributed by atoms with van der Waals surface area (Å²) in [6, 6.07) is 24.6. The quantitative estimate of drug-likeness (QED) is 0.336. The van der Waals surface area contributed by atoms with Crippen LogP contribution in [-0.4, -0.2) is 27.3 Å². The lowest BCUT2D eigenvalue weighted by atomic mass is 10.1. The first-order chi connectivity index (χ1) is 16.6. The third-order valence-corrected chi connectivity index (χ3v) is 5.76. The van der Waals surface area contributed by atoms with Gasteiger partial charge < -0.3 is 14.6 Å². The van der Waals surface area contributed by atoms with Gasteiger partial charge in [-0.1, -0.05) is 54.1 Å². The highest BCUT2D eigenvalue weighted by molar-refractivity contribution is 6.30. The van der Waals surface area contributed by atoms with E-state index in [1.54, 1.807) is 18.3 Å². The number of benzene rings is 3. The molecule has 1 amide bonds. The average molecular weight is 468 g/mol. The molecule has 0 saturated heterocycles. The Labute approximate surface area is 202 Å². The van der Waals surface area contributed by atoms with Crippen LogP contribution >= 0.6 is 11.6 Å². The minimum Gasteiger partial charge on any atom is -0.352 e. The minimum atomic E-state index is -0.154. The highest BCUT2D eigenvalue weighted by atomic mass is 35.5. The Kier molecular flexibility index (Phi) is 5.97. The van der Waals surface area contributed by atoms with Crippen molar-refractivity contribution in [3.05, 3.63) is 114 Å². The number of fused-ring (bicyclic) bond motifs is 1. The molecule has 6 nitrogen and oxygen atoms in total. The van der Waals surface area contributed by atoms with Gasteiger partial charge in [0.2, 0.25) is 0 Å². The monoisotopic (exact) mass is 467 g/mol. The molecule has 1 N–H and O–H groups in total. The summed E-state index contributed by atoms with van der Waals surface area (Å²) in [5, 5.41) is 3.68. The number of imidazole rings is 1. The van der Waals surface area contributed by atoms with E-state index in [0.29, 0.717) is 22.8 Å². The number of nitrogens with one attached hydrogen (secondary N) is 1. The summed E-state index contributed by atoms with van der Waals surface area (Å²) in [5.74, 6) is 0.607. The van der Waals surface area contributed by atoms with Gasteiger partial charge in [-0.3, -0.25) is 4.79 Å². The zero-order chi connectivity index (χ0) is 23.5. The lowest BCUT2D eigenvalue weighted by Crippen LogP contribution is -2.19. The SMILES string of the molecule is CN(Cc1ccc(Cl)cc1)c1nc(-c2cccc(NC(=O)c3ccccc3)c2)cn2ccnc12. The molecule has 34 heavy (non-hydrogen) atoms. The summed E-state index contributed by atoms with van der Waals surface area (Å²) in [7, 11) is 1.99. The molecule has 0 bridgehead atoms. The summed E-state index contributed by atoms with van der Waals surface area (Å²) in [5.41, 5.74) is 4.87. The van der Waals surface area contributed by atoms with Gasteiger partial charge >= 0.3 is 0 Å². The number of carbonyl (C=O) groups excluding carboxylic acids is 1. The third-order valence-electron chi connectivity index (χ3n) is 5.50. The van der Waals surface area contributed by atoms with Crippen LogP contribution < -0.4 is 10.2 Å². The van der Waals surface area contributed by atoms with Crippen LogP contribution in [0.4, 0.5) is 11.5 Å². The van der Waals surface area contributed by atoms with Gasteiger partial charge in [0.1, 0.15) is 0 Å². The number of halogens is 1. The van der Waals surface area contributed by atoms with E-state index in [1.807, 2.05) is 90.6 Å². The van der Waals surface area contributed by atoms with Crippen molar-refractivity contribution in [3.8, 4) is 11.3 Å². The molecule has 0 fully saturated rings. The van der Waals surface area contributed by atoms with E-state index in [9.17, 15) is 4.79 Å². The molecular formula is C27H22ClN5O. The number of carbonyl (C=O) groups is 1. The molecular weight excluding hydrogens is 446 g/mol. The van der Waals surface area contributed by atoms with Crippen molar-refractivity contribution in [2.45, 2.75) is 6.54 Å². The molecule has 0 atom stereocenters. The van der Waals surface area contributed by atoms with Crippen molar-refractivity contribution in [1.29, 1.82) is 0 Å². The molecule has 0 radical (unpaired) electrons. The summed E-state index contributed by atoms with van der Waals surface area (Å²) < 4.78 is 1.96. The Morgan fingerprint density at radius 1 is 1.03 bits per heavy atom. The van der Waals surface area contributed by atoms with Crippen molar-refractivity contribution >= 4 is 34.7 Å². The summed E-state index contributed by atoms with van der Waals surface area (Å²) in [6.07, 6.45) is 5.61. The van der Waals surface area contributed by atoms with Gasteiger partial charge in [-0.15, -0.1) is 0 Å². The molecule has 0 aliphatic carbocycles. The molecule has 168 valence electrons.